The van der Waals surface area contributed by atoms with E-state index in [2.05, 4.69) is 33.0 Å². The smallest absolute Gasteiger partial charge is 0.249 e. The zero-order valence-corrected chi connectivity index (χ0v) is 14.0. The van der Waals surface area contributed by atoms with Gasteiger partial charge >= 0.3 is 0 Å². The number of hydrogen-bond acceptors (Lipinski definition) is 2. The van der Waals surface area contributed by atoms with Crippen LogP contribution in [0.25, 0.3) is 0 Å². The van der Waals surface area contributed by atoms with E-state index in [9.17, 15) is 9.59 Å². The maximum atomic E-state index is 13.0. The third kappa shape index (κ3) is 2.70. The summed E-state index contributed by atoms with van der Waals surface area (Å²) in [7, 11) is 0. The highest BCUT2D eigenvalue weighted by molar-refractivity contribution is 6.00. The molecule has 0 bridgehead atoms. The number of rotatable bonds is 4. The van der Waals surface area contributed by atoms with Gasteiger partial charge in [0.25, 0.3) is 0 Å². The monoisotopic (exact) mass is 282 g/mol. The summed E-state index contributed by atoms with van der Waals surface area (Å²) in [5.74, 6) is 0.0725. The van der Waals surface area contributed by atoms with E-state index in [1.807, 2.05) is 25.7 Å². The van der Waals surface area contributed by atoms with Crippen molar-refractivity contribution in [3.8, 4) is 0 Å². The normalized spacial score (nSPS) is 24.6. The molecule has 0 aliphatic carbocycles. The Kier molecular flexibility index (Phi) is 4.88. The fourth-order valence-corrected chi connectivity index (χ4v) is 2.86. The van der Waals surface area contributed by atoms with Crippen molar-refractivity contribution < 1.29 is 9.59 Å². The molecule has 0 aromatic heterocycles. The summed E-state index contributed by atoms with van der Waals surface area (Å²) in [6.45, 7) is 14.3. The van der Waals surface area contributed by atoms with Crippen LogP contribution in [0.3, 0.4) is 0 Å². The van der Waals surface area contributed by atoms with Crippen molar-refractivity contribution in [2.24, 2.45) is 5.41 Å². The third-order valence-corrected chi connectivity index (χ3v) is 4.91. The summed E-state index contributed by atoms with van der Waals surface area (Å²) in [6, 6.07) is -0.313. The molecule has 2 amide bonds. The average molecular weight is 282 g/mol. The zero-order valence-electron chi connectivity index (χ0n) is 14.0. The van der Waals surface area contributed by atoms with Gasteiger partial charge < -0.3 is 10.2 Å². The maximum Gasteiger partial charge on any atom is 0.249 e. The van der Waals surface area contributed by atoms with Crippen LogP contribution in [0.4, 0.5) is 0 Å². The van der Waals surface area contributed by atoms with Gasteiger partial charge in [-0.2, -0.15) is 0 Å². The summed E-state index contributed by atoms with van der Waals surface area (Å²) in [5.41, 5.74) is -0.768. The third-order valence-electron chi connectivity index (χ3n) is 4.91. The predicted octanol–water partition coefficient (Wildman–Crippen LogP) is 2.72. The highest BCUT2D eigenvalue weighted by Crippen LogP contribution is 2.33. The number of carbonyl (C=O) groups is 2. The molecule has 4 heteroatoms. The van der Waals surface area contributed by atoms with Gasteiger partial charge in [0, 0.05) is 6.04 Å². The van der Waals surface area contributed by atoms with Crippen LogP contribution < -0.4 is 5.32 Å². The van der Waals surface area contributed by atoms with Gasteiger partial charge in [-0.15, -0.1) is 0 Å². The van der Waals surface area contributed by atoms with E-state index in [1.165, 1.54) is 0 Å². The molecular weight excluding hydrogens is 252 g/mol. The first-order valence-corrected chi connectivity index (χ1v) is 7.79. The van der Waals surface area contributed by atoms with Crippen molar-refractivity contribution in [1.82, 2.24) is 10.2 Å². The molecule has 1 N–H and O–H groups in total. The van der Waals surface area contributed by atoms with Crippen molar-refractivity contribution in [1.29, 1.82) is 0 Å². The van der Waals surface area contributed by atoms with Crippen LogP contribution >= 0.6 is 0 Å². The van der Waals surface area contributed by atoms with Crippen LogP contribution in [0.2, 0.25) is 0 Å². The Balaban J connectivity index is 3.27. The van der Waals surface area contributed by atoms with Gasteiger partial charge in [0.05, 0.1) is 0 Å². The van der Waals surface area contributed by atoms with Crippen molar-refractivity contribution in [3.63, 3.8) is 0 Å². The van der Waals surface area contributed by atoms with Gasteiger partial charge in [0.2, 0.25) is 11.8 Å². The van der Waals surface area contributed by atoms with E-state index >= 15 is 0 Å². The topological polar surface area (TPSA) is 49.4 Å². The molecule has 1 saturated heterocycles. The van der Waals surface area contributed by atoms with E-state index in [0.29, 0.717) is 19.3 Å². The highest BCUT2D eigenvalue weighted by atomic mass is 16.2. The van der Waals surface area contributed by atoms with Crippen LogP contribution in [0, 0.1) is 5.41 Å². The lowest BCUT2D eigenvalue weighted by molar-refractivity contribution is -0.160. The van der Waals surface area contributed by atoms with E-state index in [-0.39, 0.29) is 29.3 Å². The molecule has 1 fully saturated rings. The van der Waals surface area contributed by atoms with Gasteiger partial charge in [-0.1, -0.05) is 41.5 Å². The van der Waals surface area contributed by atoms with Gasteiger partial charge in [0.1, 0.15) is 11.6 Å². The number of hydrogen-bond donors (Lipinski definition) is 1. The Morgan fingerprint density at radius 2 is 1.70 bits per heavy atom. The lowest BCUT2D eigenvalue weighted by Crippen LogP contribution is -2.72. The first-order valence-electron chi connectivity index (χ1n) is 7.79. The molecular formula is C16H30N2O2. The van der Waals surface area contributed by atoms with Crippen LogP contribution in [0.1, 0.15) is 67.7 Å². The molecule has 116 valence electrons. The summed E-state index contributed by atoms with van der Waals surface area (Å²) < 4.78 is 0. The second-order valence-corrected chi connectivity index (χ2v) is 6.96. The van der Waals surface area contributed by atoms with E-state index in [0.717, 1.165) is 0 Å². The second kappa shape index (κ2) is 5.74. The Morgan fingerprint density at radius 3 is 2.05 bits per heavy atom. The van der Waals surface area contributed by atoms with E-state index in [4.69, 9.17) is 0 Å². The van der Waals surface area contributed by atoms with Gasteiger partial charge in [-0.3, -0.25) is 9.59 Å². The molecule has 0 aromatic carbocycles. The predicted molar refractivity (Wildman–Crippen MR) is 81.3 cm³/mol. The molecule has 20 heavy (non-hydrogen) atoms. The maximum absolute atomic E-state index is 13.0. The Bertz CT molecular complexity index is 380. The molecule has 0 saturated carbocycles. The molecule has 1 rings (SSSR count). The van der Waals surface area contributed by atoms with Gasteiger partial charge in [-0.05, 0) is 31.6 Å². The fraction of sp³-hybridized carbons (Fsp3) is 0.875. The molecule has 0 aromatic rings. The van der Waals surface area contributed by atoms with Crippen molar-refractivity contribution in [2.45, 2.75) is 85.4 Å². The number of amides is 2. The molecule has 1 aliphatic heterocycles. The molecule has 4 nitrogen and oxygen atoms in total. The fourth-order valence-electron chi connectivity index (χ4n) is 2.86. The summed E-state index contributed by atoms with van der Waals surface area (Å²) in [5, 5.41) is 2.99. The lowest BCUT2D eigenvalue weighted by atomic mass is 9.81. The second-order valence-electron chi connectivity index (χ2n) is 6.96. The number of nitrogens with zero attached hydrogens (tertiary/aromatic N) is 1. The average Bonchev–Trinajstić information content (AvgIpc) is 2.38. The van der Waals surface area contributed by atoms with Crippen LogP contribution in [-0.2, 0) is 9.59 Å². The van der Waals surface area contributed by atoms with Crippen LogP contribution in [0.15, 0.2) is 0 Å². The van der Waals surface area contributed by atoms with E-state index in [1.54, 1.807) is 0 Å². The molecule has 0 radical (unpaired) electrons. The number of nitrogens with one attached hydrogen (secondary N) is 1. The minimum Gasteiger partial charge on any atom is -0.340 e. The van der Waals surface area contributed by atoms with Crippen molar-refractivity contribution in [2.75, 3.05) is 0 Å². The molecule has 2 unspecified atom stereocenters. The Hall–Kier alpha value is -1.06. The Morgan fingerprint density at radius 1 is 1.20 bits per heavy atom. The zero-order chi connectivity index (χ0) is 15.7. The molecule has 1 aliphatic rings. The minimum absolute atomic E-state index is 0.00750. The molecule has 1 heterocycles. The largest absolute Gasteiger partial charge is 0.340 e. The quantitative estimate of drug-likeness (QED) is 0.862. The highest BCUT2D eigenvalue weighted by Gasteiger charge is 2.51. The standard InChI is InChI=1S/C16H30N2O2/c1-8-12-13(19)17-16(9-2,10-3)14(20)18(12)11(4)15(5,6)7/h11-12H,8-10H2,1-7H3,(H,17,19). The lowest BCUT2D eigenvalue weighted by Gasteiger charge is -2.50. The Labute approximate surface area is 123 Å². The SMILES string of the molecule is CCC1C(=O)NC(CC)(CC)C(=O)N1C(C)C(C)(C)C. The summed E-state index contributed by atoms with van der Waals surface area (Å²) in [6.07, 6.45) is 1.93. The number of piperazine rings is 1. The number of carbonyl (C=O) groups excluding carboxylic acids is 2. The van der Waals surface area contributed by atoms with Crippen molar-refractivity contribution >= 4 is 11.8 Å². The first-order chi connectivity index (χ1) is 9.14. The first kappa shape index (κ1) is 17.0. The van der Waals surface area contributed by atoms with Crippen LogP contribution in [0.5, 0.6) is 0 Å². The van der Waals surface area contributed by atoms with Gasteiger partial charge in [-0.25, -0.2) is 0 Å². The summed E-state index contributed by atoms with van der Waals surface area (Å²) in [4.78, 5) is 27.3. The van der Waals surface area contributed by atoms with Crippen molar-refractivity contribution in [3.05, 3.63) is 0 Å². The van der Waals surface area contributed by atoms with Gasteiger partial charge in [0.15, 0.2) is 0 Å². The van der Waals surface area contributed by atoms with Crippen LogP contribution in [-0.4, -0.2) is 34.3 Å². The minimum atomic E-state index is -0.720. The summed E-state index contributed by atoms with van der Waals surface area (Å²) >= 11 is 0. The van der Waals surface area contributed by atoms with E-state index < -0.39 is 5.54 Å². The molecule has 2 atom stereocenters. The molecule has 0 spiro atoms.